The summed E-state index contributed by atoms with van der Waals surface area (Å²) >= 11 is 0. The molecule has 0 radical (unpaired) electrons. The summed E-state index contributed by atoms with van der Waals surface area (Å²) in [5, 5.41) is 9.08. The summed E-state index contributed by atoms with van der Waals surface area (Å²) in [6.07, 6.45) is 2.26. The number of aromatic hydroxyl groups is 1. The van der Waals surface area contributed by atoms with Crippen molar-refractivity contribution < 1.29 is 22.1 Å². The van der Waals surface area contributed by atoms with Gasteiger partial charge in [0.25, 0.3) is 0 Å². The lowest BCUT2D eigenvalue weighted by molar-refractivity contribution is 0.473. The van der Waals surface area contributed by atoms with Crippen LogP contribution >= 0.6 is 0 Å². The number of hydrogen-bond donors (Lipinski definition) is 2. The molecule has 0 saturated carbocycles. The molecule has 0 unspecified atom stereocenters. The van der Waals surface area contributed by atoms with Crippen molar-refractivity contribution in [1.29, 1.82) is 0 Å². The summed E-state index contributed by atoms with van der Waals surface area (Å²) in [5.41, 5.74) is -0.461. The highest BCUT2D eigenvalue weighted by molar-refractivity contribution is 8.03. The topological polar surface area (TPSA) is 95.8 Å². The van der Waals surface area contributed by atoms with E-state index >= 15 is 0 Å². The molecule has 2 N–H and O–H groups in total. The molecular formula is C8H11FN2O4S2. The molecule has 0 aliphatic rings. The molecule has 17 heavy (non-hydrogen) atoms. The minimum Gasteiger partial charge on any atom is -0.508 e. The fourth-order valence-electron chi connectivity index (χ4n) is 0.985. The van der Waals surface area contributed by atoms with Gasteiger partial charge < -0.3 is 5.11 Å². The molecule has 0 spiro atoms. The van der Waals surface area contributed by atoms with Crippen LogP contribution in [0.2, 0.25) is 0 Å². The molecule has 0 bridgehead atoms. The molecule has 0 atom stereocenters. The normalized spacial score (nSPS) is 12.2. The van der Waals surface area contributed by atoms with Crippen LogP contribution in [0.25, 0.3) is 0 Å². The number of hydrogen-bond acceptors (Lipinski definition) is 4. The van der Waals surface area contributed by atoms with E-state index in [0.29, 0.717) is 0 Å². The third-order valence-corrected chi connectivity index (χ3v) is 4.17. The number of nitrogens with zero attached hydrogens (tertiary/aromatic N) is 1. The second kappa shape index (κ2) is 4.49. The molecule has 0 aliphatic carbocycles. The highest BCUT2D eigenvalue weighted by Gasteiger charge is 2.13. The van der Waals surface area contributed by atoms with Gasteiger partial charge in [-0.05, 0) is 12.1 Å². The molecule has 9 heteroatoms. The second-order valence-corrected chi connectivity index (χ2v) is 7.61. The van der Waals surface area contributed by atoms with E-state index in [1.807, 2.05) is 0 Å². The highest BCUT2D eigenvalue weighted by atomic mass is 32.3. The lowest BCUT2D eigenvalue weighted by atomic mass is 10.3. The van der Waals surface area contributed by atoms with Crippen molar-refractivity contribution in [2.24, 2.45) is 3.77 Å². The van der Waals surface area contributed by atoms with Crippen LogP contribution in [0.15, 0.2) is 22.0 Å². The van der Waals surface area contributed by atoms with Crippen molar-refractivity contribution in [3.8, 4) is 5.75 Å². The first-order valence-corrected chi connectivity index (χ1v) is 8.06. The Labute approximate surface area is 98.8 Å². The molecule has 0 saturated heterocycles. The molecule has 6 nitrogen and oxygen atoms in total. The summed E-state index contributed by atoms with van der Waals surface area (Å²) < 4.78 is 52.0. The quantitative estimate of drug-likeness (QED) is 0.861. The zero-order valence-electron chi connectivity index (χ0n) is 9.05. The van der Waals surface area contributed by atoms with Crippen LogP contribution in [0, 0.1) is 5.82 Å². The summed E-state index contributed by atoms with van der Waals surface area (Å²) in [6.45, 7) is 0. The molecule has 0 fully saturated rings. The first-order chi connectivity index (χ1) is 7.59. The van der Waals surface area contributed by atoms with E-state index in [9.17, 15) is 17.0 Å². The summed E-state index contributed by atoms with van der Waals surface area (Å²) in [6, 6.07) is 2.84. The Bertz CT molecular complexity index is 639. The fraction of sp³-hybridized carbons (Fsp3) is 0.250. The number of halogens is 1. The number of anilines is 1. The van der Waals surface area contributed by atoms with E-state index in [-0.39, 0.29) is 5.75 Å². The van der Waals surface area contributed by atoms with Gasteiger partial charge in [-0.25, -0.2) is 8.60 Å². The third kappa shape index (κ3) is 4.57. The monoisotopic (exact) mass is 282 g/mol. The van der Waals surface area contributed by atoms with Crippen LogP contribution < -0.4 is 4.72 Å². The first-order valence-electron chi connectivity index (χ1n) is 4.29. The van der Waals surface area contributed by atoms with Crippen molar-refractivity contribution in [3.63, 3.8) is 0 Å². The van der Waals surface area contributed by atoms with Crippen molar-refractivity contribution in [2.45, 2.75) is 0 Å². The Balaban J connectivity index is 3.16. The fourth-order valence-corrected chi connectivity index (χ4v) is 3.46. The van der Waals surface area contributed by atoms with Crippen LogP contribution in [0.5, 0.6) is 5.75 Å². The average Bonchev–Trinajstić information content (AvgIpc) is 2.06. The van der Waals surface area contributed by atoms with E-state index in [1.165, 1.54) is 0 Å². The molecule has 96 valence electrons. The van der Waals surface area contributed by atoms with Gasteiger partial charge >= 0.3 is 10.2 Å². The lowest BCUT2D eigenvalue weighted by Crippen LogP contribution is -2.12. The number of rotatable bonds is 3. The molecule has 0 aliphatic heterocycles. The van der Waals surface area contributed by atoms with Crippen LogP contribution in [0.4, 0.5) is 10.1 Å². The predicted molar refractivity (Wildman–Crippen MR) is 63.0 cm³/mol. The standard InChI is InChI=1S/C8H11FN2O4S2/c1-16(2,13)11-17(14,15)10-8-5-6(12)3-4-7(8)9/h3-5,10,12H,1-2H3. The molecule has 0 amide bonds. The van der Waals surface area contributed by atoms with Crippen molar-refractivity contribution in [2.75, 3.05) is 17.2 Å². The van der Waals surface area contributed by atoms with E-state index in [1.54, 1.807) is 4.72 Å². The Hall–Kier alpha value is -1.35. The van der Waals surface area contributed by atoms with Crippen LogP contribution in [0.3, 0.4) is 0 Å². The largest absolute Gasteiger partial charge is 0.508 e. The average molecular weight is 282 g/mol. The van der Waals surface area contributed by atoms with Crippen molar-refractivity contribution in [3.05, 3.63) is 24.0 Å². The van der Waals surface area contributed by atoms with Crippen LogP contribution in [0.1, 0.15) is 0 Å². The molecule has 1 rings (SSSR count). The molecule has 1 aromatic rings. The van der Waals surface area contributed by atoms with Gasteiger partial charge in [-0.3, -0.25) is 4.72 Å². The van der Waals surface area contributed by atoms with Gasteiger partial charge in [-0.1, -0.05) is 3.77 Å². The van der Waals surface area contributed by atoms with Crippen molar-refractivity contribution in [1.82, 2.24) is 0 Å². The van der Waals surface area contributed by atoms with Gasteiger partial charge in [0.05, 0.1) is 15.4 Å². The zero-order chi connectivity index (χ0) is 13.3. The number of nitrogens with one attached hydrogen (secondary N) is 1. The van der Waals surface area contributed by atoms with Gasteiger partial charge in [0.2, 0.25) is 0 Å². The molecule has 1 aromatic carbocycles. The first kappa shape index (κ1) is 13.7. The predicted octanol–water partition coefficient (Wildman–Crippen LogP) is 0.916. The van der Waals surface area contributed by atoms with E-state index in [2.05, 4.69) is 3.77 Å². The number of benzene rings is 1. The maximum absolute atomic E-state index is 13.2. The van der Waals surface area contributed by atoms with E-state index in [4.69, 9.17) is 5.11 Å². The molecular weight excluding hydrogens is 271 g/mol. The minimum atomic E-state index is -4.28. The Morgan fingerprint density at radius 3 is 2.41 bits per heavy atom. The lowest BCUT2D eigenvalue weighted by Gasteiger charge is -2.06. The Morgan fingerprint density at radius 1 is 1.29 bits per heavy atom. The van der Waals surface area contributed by atoms with Gasteiger partial charge in [-0.15, -0.1) is 0 Å². The molecule has 0 aromatic heterocycles. The zero-order valence-corrected chi connectivity index (χ0v) is 10.7. The Kier molecular flexibility index (Phi) is 3.62. The van der Waals surface area contributed by atoms with Crippen molar-refractivity contribution >= 4 is 25.6 Å². The second-order valence-electron chi connectivity index (χ2n) is 3.50. The van der Waals surface area contributed by atoms with Gasteiger partial charge in [0.1, 0.15) is 11.6 Å². The Morgan fingerprint density at radius 2 is 1.88 bits per heavy atom. The summed E-state index contributed by atoms with van der Waals surface area (Å²) in [7, 11) is -7.17. The number of phenolic OH excluding ortho intramolecular Hbond substituents is 1. The van der Waals surface area contributed by atoms with Gasteiger partial charge in [0.15, 0.2) is 0 Å². The van der Waals surface area contributed by atoms with E-state index in [0.717, 1.165) is 30.7 Å². The summed E-state index contributed by atoms with van der Waals surface area (Å²) in [5.74, 6) is -1.18. The van der Waals surface area contributed by atoms with E-state index < -0.39 is 31.4 Å². The van der Waals surface area contributed by atoms with Crippen LogP contribution in [-0.2, 0) is 19.9 Å². The smallest absolute Gasteiger partial charge is 0.350 e. The van der Waals surface area contributed by atoms with Gasteiger partial charge in [-0.2, -0.15) is 8.42 Å². The van der Waals surface area contributed by atoms with Crippen LogP contribution in [-0.4, -0.2) is 30.2 Å². The maximum Gasteiger partial charge on any atom is 0.350 e. The third-order valence-electron chi connectivity index (χ3n) is 1.47. The van der Waals surface area contributed by atoms with Gasteiger partial charge in [0, 0.05) is 18.6 Å². The minimum absolute atomic E-state index is 0.308. The summed E-state index contributed by atoms with van der Waals surface area (Å²) in [4.78, 5) is 0. The number of phenols is 1. The SMILES string of the molecule is CS(C)(=O)=NS(=O)(=O)Nc1cc(O)ccc1F. The molecule has 0 heterocycles. The maximum atomic E-state index is 13.2. The highest BCUT2D eigenvalue weighted by Crippen LogP contribution is 2.21.